The van der Waals surface area contributed by atoms with Crippen molar-refractivity contribution >= 4 is 29.1 Å². The van der Waals surface area contributed by atoms with Gasteiger partial charge in [-0.05, 0) is 6.92 Å². The van der Waals surface area contributed by atoms with Gasteiger partial charge in [0.25, 0.3) is 11.8 Å². The number of amides is 2. The molecule has 2 amide bonds. The van der Waals surface area contributed by atoms with Gasteiger partial charge in [0.2, 0.25) is 0 Å². The first-order valence-corrected chi connectivity index (χ1v) is 6.92. The molecule has 12 heteroatoms. The van der Waals surface area contributed by atoms with Crippen molar-refractivity contribution in [3.63, 3.8) is 0 Å². The van der Waals surface area contributed by atoms with E-state index in [0.717, 1.165) is 7.05 Å². The molecule has 2 rings (SSSR count). The van der Waals surface area contributed by atoms with Gasteiger partial charge < -0.3 is 11.1 Å². The maximum atomic E-state index is 12.9. The number of anilines is 1. The molecule has 2 aromatic heterocycles. The molecule has 0 aliphatic rings. The summed E-state index contributed by atoms with van der Waals surface area (Å²) in [5, 5.41) is 8.73. The van der Waals surface area contributed by atoms with E-state index in [0.29, 0.717) is 11.2 Å². The fourth-order valence-corrected chi connectivity index (χ4v) is 2.34. The Morgan fingerprint density at radius 3 is 2.42 bits per heavy atom. The topological polar surface area (TPSA) is 108 Å². The van der Waals surface area contributed by atoms with Gasteiger partial charge in [0, 0.05) is 19.8 Å². The number of aryl methyl sites for hydroxylation is 2. The lowest BCUT2D eigenvalue weighted by molar-refractivity contribution is -0.143. The Kier molecular flexibility index (Phi) is 4.56. The molecule has 0 atom stereocenters. The van der Waals surface area contributed by atoms with Gasteiger partial charge >= 0.3 is 6.18 Å². The van der Waals surface area contributed by atoms with Crippen LogP contribution in [0.25, 0.3) is 0 Å². The molecule has 0 aliphatic carbocycles. The number of carbonyl (C=O) groups is 2. The van der Waals surface area contributed by atoms with Gasteiger partial charge in [0.15, 0.2) is 17.1 Å². The number of hydrogen-bond donors (Lipinski definition) is 2. The van der Waals surface area contributed by atoms with Gasteiger partial charge in [-0.2, -0.15) is 23.4 Å². The number of aromatic nitrogens is 4. The number of primary amides is 1. The Hall–Kier alpha value is -2.56. The van der Waals surface area contributed by atoms with E-state index in [-0.39, 0.29) is 11.4 Å². The number of carbonyl (C=O) groups excluding carboxylic acids is 2. The molecule has 0 bridgehead atoms. The van der Waals surface area contributed by atoms with Gasteiger partial charge in [0.05, 0.1) is 5.69 Å². The molecular formula is C12H12ClF3N6O2. The number of hydrogen-bond acceptors (Lipinski definition) is 4. The Bertz CT molecular complexity index is 811. The second-order valence-corrected chi connectivity index (χ2v) is 5.08. The fourth-order valence-electron chi connectivity index (χ4n) is 1.99. The molecule has 0 saturated carbocycles. The lowest BCUT2D eigenvalue weighted by atomic mass is 10.3. The van der Waals surface area contributed by atoms with Crippen LogP contribution >= 0.6 is 11.6 Å². The maximum Gasteiger partial charge on any atom is 0.434 e. The third-order valence-corrected chi connectivity index (χ3v) is 3.40. The predicted octanol–water partition coefficient (Wildman–Crippen LogP) is 1.66. The van der Waals surface area contributed by atoms with E-state index in [1.165, 1.54) is 10.9 Å². The molecular weight excluding hydrogens is 353 g/mol. The molecule has 0 saturated heterocycles. The van der Waals surface area contributed by atoms with Gasteiger partial charge in [-0.3, -0.25) is 19.0 Å². The van der Waals surface area contributed by atoms with Gasteiger partial charge in [-0.25, -0.2) is 0 Å². The Morgan fingerprint density at radius 2 is 1.96 bits per heavy atom. The average Bonchev–Trinajstić information content (AvgIpc) is 2.99. The predicted molar refractivity (Wildman–Crippen MR) is 77.6 cm³/mol. The molecule has 0 spiro atoms. The third-order valence-electron chi connectivity index (χ3n) is 3.04. The smallest absolute Gasteiger partial charge is 0.364 e. The molecule has 8 nitrogen and oxygen atoms in total. The first-order valence-electron chi connectivity index (χ1n) is 6.54. The maximum absolute atomic E-state index is 12.9. The number of rotatable bonds is 4. The summed E-state index contributed by atoms with van der Waals surface area (Å²) in [7, 11) is 1.01. The quantitative estimate of drug-likeness (QED) is 0.860. The molecule has 0 aromatic carbocycles. The average molecular weight is 365 g/mol. The molecule has 0 unspecified atom stereocenters. The molecule has 3 N–H and O–H groups in total. The highest BCUT2D eigenvalue weighted by atomic mass is 35.5. The highest BCUT2D eigenvalue weighted by Crippen LogP contribution is 2.36. The molecule has 0 aliphatic heterocycles. The van der Waals surface area contributed by atoms with Crippen molar-refractivity contribution < 1.29 is 22.8 Å². The van der Waals surface area contributed by atoms with E-state index in [1.807, 2.05) is 0 Å². The van der Waals surface area contributed by atoms with Crippen LogP contribution in [0.5, 0.6) is 0 Å². The summed E-state index contributed by atoms with van der Waals surface area (Å²) in [6.07, 6.45) is -3.46. The lowest BCUT2D eigenvalue weighted by Crippen LogP contribution is -2.18. The number of nitrogens with zero attached hydrogens (tertiary/aromatic N) is 4. The Labute approximate surface area is 138 Å². The lowest BCUT2D eigenvalue weighted by Gasteiger charge is -2.06. The van der Waals surface area contributed by atoms with Crippen LogP contribution in [0.15, 0.2) is 6.20 Å². The minimum Gasteiger partial charge on any atom is -0.364 e. The van der Waals surface area contributed by atoms with E-state index in [9.17, 15) is 22.8 Å². The molecule has 24 heavy (non-hydrogen) atoms. The summed E-state index contributed by atoms with van der Waals surface area (Å²) in [6.45, 7) is 2.12. The van der Waals surface area contributed by atoms with E-state index < -0.39 is 34.4 Å². The van der Waals surface area contributed by atoms with Gasteiger partial charge in [-0.1, -0.05) is 11.6 Å². The van der Waals surface area contributed by atoms with Crippen LogP contribution < -0.4 is 11.1 Å². The minimum absolute atomic E-state index is 0.0513. The summed E-state index contributed by atoms with van der Waals surface area (Å²) in [5.41, 5.74) is 2.98. The summed E-state index contributed by atoms with van der Waals surface area (Å²) in [6, 6.07) is 0. The fraction of sp³-hybridized carbons (Fsp3) is 0.333. The Morgan fingerprint density at radius 1 is 1.33 bits per heavy atom. The molecule has 0 fully saturated rings. The molecule has 130 valence electrons. The second kappa shape index (κ2) is 6.15. The SMILES string of the molecule is CCn1cc(NC(=O)c2nn(C)c(C(F)(F)F)c2Cl)c(C(N)=O)n1. The van der Waals surface area contributed by atoms with Crippen LogP contribution in [0, 0.1) is 0 Å². The Balaban J connectivity index is 2.38. The number of nitrogens with one attached hydrogen (secondary N) is 1. The number of alkyl halides is 3. The van der Waals surface area contributed by atoms with Crippen LogP contribution in [-0.2, 0) is 19.8 Å². The van der Waals surface area contributed by atoms with Crippen molar-refractivity contribution in [3.8, 4) is 0 Å². The van der Waals surface area contributed by atoms with Crippen molar-refractivity contribution in [2.45, 2.75) is 19.6 Å². The van der Waals surface area contributed by atoms with E-state index >= 15 is 0 Å². The highest BCUT2D eigenvalue weighted by Gasteiger charge is 2.40. The third kappa shape index (κ3) is 3.20. The first-order chi connectivity index (χ1) is 11.1. The zero-order chi connectivity index (χ0) is 18.2. The monoisotopic (exact) mass is 364 g/mol. The number of halogens is 4. The molecule has 0 radical (unpaired) electrons. The highest BCUT2D eigenvalue weighted by molar-refractivity contribution is 6.34. The largest absolute Gasteiger partial charge is 0.434 e. The van der Waals surface area contributed by atoms with Crippen LogP contribution in [0.2, 0.25) is 5.02 Å². The zero-order valence-corrected chi connectivity index (χ0v) is 13.2. The van der Waals surface area contributed by atoms with Crippen molar-refractivity contribution in [2.75, 3.05) is 5.32 Å². The molecule has 2 heterocycles. The van der Waals surface area contributed by atoms with E-state index in [2.05, 4.69) is 15.5 Å². The zero-order valence-electron chi connectivity index (χ0n) is 12.5. The van der Waals surface area contributed by atoms with Crippen LogP contribution in [0.1, 0.15) is 33.6 Å². The van der Waals surface area contributed by atoms with Crippen LogP contribution in [0.4, 0.5) is 18.9 Å². The summed E-state index contributed by atoms with van der Waals surface area (Å²) >= 11 is 5.63. The van der Waals surface area contributed by atoms with Crippen LogP contribution in [-0.4, -0.2) is 31.4 Å². The first kappa shape index (κ1) is 17.8. The van der Waals surface area contributed by atoms with Gasteiger partial charge in [-0.15, -0.1) is 0 Å². The van der Waals surface area contributed by atoms with Crippen molar-refractivity contribution in [1.82, 2.24) is 19.6 Å². The standard InChI is InChI=1S/C12H12ClF3N6O2/c1-3-22-4-5(7(20-22)10(17)23)18-11(24)8-6(13)9(12(14,15)16)21(2)19-8/h4H,3H2,1-2H3,(H2,17,23)(H,18,24). The van der Waals surface area contributed by atoms with E-state index in [4.69, 9.17) is 17.3 Å². The van der Waals surface area contributed by atoms with Crippen molar-refractivity contribution in [2.24, 2.45) is 12.8 Å². The van der Waals surface area contributed by atoms with Gasteiger partial charge in [0.1, 0.15) is 5.02 Å². The van der Waals surface area contributed by atoms with Crippen molar-refractivity contribution in [1.29, 1.82) is 0 Å². The van der Waals surface area contributed by atoms with E-state index in [1.54, 1.807) is 6.92 Å². The number of nitrogens with two attached hydrogens (primary N) is 1. The normalized spacial score (nSPS) is 11.6. The summed E-state index contributed by atoms with van der Waals surface area (Å²) < 4.78 is 40.4. The van der Waals surface area contributed by atoms with Crippen molar-refractivity contribution in [3.05, 3.63) is 28.3 Å². The minimum atomic E-state index is -4.77. The molecule has 2 aromatic rings. The second-order valence-electron chi connectivity index (χ2n) is 4.70. The summed E-state index contributed by atoms with van der Waals surface area (Å²) in [5.74, 6) is -1.93. The summed E-state index contributed by atoms with van der Waals surface area (Å²) in [4.78, 5) is 23.5. The van der Waals surface area contributed by atoms with Crippen LogP contribution in [0.3, 0.4) is 0 Å².